The Morgan fingerprint density at radius 1 is 1.17 bits per heavy atom. The maximum Gasteiger partial charge on any atom is 0.319 e. The molecule has 0 amide bonds. The van der Waals surface area contributed by atoms with E-state index in [4.69, 9.17) is 9.47 Å². The van der Waals surface area contributed by atoms with Crippen LogP contribution < -0.4 is 4.74 Å². The maximum absolute atomic E-state index is 12.1. The number of methoxy groups -OCH3 is 1. The van der Waals surface area contributed by atoms with E-state index in [-0.39, 0.29) is 5.97 Å². The smallest absolute Gasteiger partial charge is 0.319 e. The molecule has 152 valence electrons. The molecule has 1 aromatic carbocycles. The zero-order valence-corrected chi connectivity index (χ0v) is 17.9. The normalized spacial score (nSPS) is 11.8. The van der Waals surface area contributed by atoms with Crippen molar-refractivity contribution in [2.45, 2.75) is 35.2 Å². The molecule has 1 atom stereocenters. The Labute approximate surface area is 177 Å². The van der Waals surface area contributed by atoms with Gasteiger partial charge in [-0.3, -0.25) is 9.36 Å². The van der Waals surface area contributed by atoms with E-state index >= 15 is 0 Å². The molecule has 0 N–H and O–H groups in total. The maximum atomic E-state index is 12.1. The fourth-order valence-corrected chi connectivity index (χ4v) is 4.02. The van der Waals surface area contributed by atoms with Crippen LogP contribution in [0.15, 0.2) is 53.0 Å². The van der Waals surface area contributed by atoms with E-state index in [9.17, 15) is 4.79 Å². The summed E-state index contributed by atoms with van der Waals surface area (Å²) in [4.78, 5) is 20.5. The van der Waals surface area contributed by atoms with Crippen LogP contribution in [0.4, 0.5) is 0 Å². The summed E-state index contributed by atoms with van der Waals surface area (Å²) in [5.74, 6) is 1.73. The minimum Gasteiger partial charge on any atom is -0.497 e. The SMILES string of the molecule is CCOC(=O)[C@@H](C)Sc1nnc(CSc2ncccn2)n1-c1ccc(OC)cc1. The molecule has 0 saturated heterocycles. The Morgan fingerprint density at radius 3 is 2.55 bits per heavy atom. The number of hydrogen-bond donors (Lipinski definition) is 0. The molecule has 0 spiro atoms. The summed E-state index contributed by atoms with van der Waals surface area (Å²) >= 11 is 2.77. The second-order valence-electron chi connectivity index (χ2n) is 5.76. The van der Waals surface area contributed by atoms with Crippen LogP contribution >= 0.6 is 23.5 Å². The second-order valence-corrected chi connectivity index (χ2v) is 8.01. The number of ether oxygens (including phenoxy) is 2. The Kier molecular flexibility index (Phi) is 7.48. The largest absolute Gasteiger partial charge is 0.497 e. The van der Waals surface area contributed by atoms with Crippen molar-refractivity contribution in [3.05, 3.63) is 48.5 Å². The third-order valence-corrected chi connectivity index (χ3v) is 5.70. The molecule has 2 aromatic heterocycles. The molecular weight excluding hydrogens is 410 g/mol. The summed E-state index contributed by atoms with van der Waals surface area (Å²) in [6.45, 7) is 3.92. The molecular formula is C19H21N5O3S2. The summed E-state index contributed by atoms with van der Waals surface area (Å²) in [5.41, 5.74) is 0.874. The van der Waals surface area contributed by atoms with Crippen molar-refractivity contribution >= 4 is 29.5 Å². The van der Waals surface area contributed by atoms with Gasteiger partial charge in [0.05, 0.1) is 19.5 Å². The van der Waals surface area contributed by atoms with E-state index in [2.05, 4.69) is 20.2 Å². The van der Waals surface area contributed by atoms with Crippen molar-refractivity contribution in [2.24, 2.45) is 0 Å². The van der Waals surface area contributed by atoms with E-state index in [1.807, 2.05) is 28.8 Å². The fourth-order valence-electron chi connectivity index (χ4n) is 2.42. The van der Waals surface area contributed by atoms with E-state index < -0.39 is 5.25 Å². The summed E-state index contributed by atoms with van der Waals surface area (Å²) in [6, 6.07) is 9.37. The first kappa shape index (κ1) is 21.1. The van der Waals surface area contributed by atoms with Gasteiger partial charge in [0, 0.05) is 18.1 Å². The quantitative estimate of drug-likeness (QED) is 0.287. The average molecular weight is 432 g/mol. The van der Waals surface area contributed by atoms with Crippen molar-refractivity contribution in [3.63, 3.8) is 0 Å². The number of benzene rings is 1. The zero-order valence-electron chi connectivity index (χ0n) is 16.3. The van der Waals surface area contributed by atoms with Crippen LogP contribution in [-0.4, -0.2) is 49.7 Å². The number of aromatic nitrogens is 5. The highest BCUT2D eigenvalue weighted by molar-refractivity contribution is 8.00. The zero-order chi connectivity index (χ0) is 20.6. The molecule has 0 fully saturated rings. The van der Waals surface area contributed by atoms with E-state index in [1.54, 1.807) is 39.4 Å². The van der Waals surface area contributed by atoms with E-state index in [0.717, 1.165) is 17.3 Å². The lowest BCUT2D eigenvalue weighted by Gasteiger charge is -2.13. The van der Waals surface area contributed by atoms with Crippen molar-refractivity contribution in [1.29, 1.82) is 0 Å². The van der Waals surface area contributed by atoms with Gasteiger partial charge in [0.15, 0.2) is 10.3 Å². The first-order valence-electron chi connectivity index (χ1n) is 8.94. The number of hydrogen-bond acceptors (Lipinski definition) is 9. The Bertz CT molecular complexity index is 935. The average Bonchev–Trinajstić information content (AvgIpc) is 3.15. The molecule has 2 heterocycles. The molecule has 0 saturated carbocycles. The number of carbonyl (C=O) groups is 1. The van der Waals surface area contributed by atoms with Gasteiger partial charge in [-0.15, -0.1) is 10.2 Å². The molecule has 0 unspecified atom stereocenters. The topological polar surface area (TPSA) is 92.0 Å². The van der Waals surface area contributed by atoms with Gasteiger partial charge in [-0.05, 0) is 44.2 Å². The van der Waals surface area contributed by atoms with Crippen molar-refractivity contribution in [2.75, 3.05) is 13.7 Å². The van der Waals surface area contributed by atoms with Crippen LogP contribution in [0.1, 0.15) is 19.7 Å². The molecule has 3 aromatic rings. The third kappa shape index (κ3) is 5.48. The fraction of sp³-hybridized carbons (Fsp3) is 0.316. The minimum atomic E-state index is -0.408. The van der Waals surface area contributed by atoms with Gasteiger partial charge in [0.2, 0.25) is 0 Å². The predicted octanol–water partition coefficient (Wildman–Crippen LogP) is 3.40. The Morgan fingerprint density at radius 2 is 1.90 bits per heavy atom. The number of thioether (sulfide) groups is 2. The highest BCUT2D eigenvalue weighted by Crippen LogP contribution is 2.29. The Balaban J connectivity index is 1.88. The summed E-state index contributed by atoms with van der Waals surface area (Å²) in [7, 11) is 1.62. The lowest BCUT2D eigenvalue weighted by Crippen LogP contribution is -2.17. The van der Waals surface area contributed by atoms with Gasteiger partial charge in [-0.25, -0.2) is 9.97 Å². The van der Waals surface area contributed by atoms with E-state index in [1.165, 1.54) is 23.5 Å². The van der Waals surface area contributed by atoms with Crippen LogP contribution in [0.3, 0.4) is 0 Å². The predicted molar refractivity (Wildman–Crippen MR) is 111 cm³/mol. The van der Waals surface area contributed by atoms with Crippen LogP contribution in [0.2, 0.25) is 0 Å². The lowest BCUT2D eigenvalue weighted by molar-refractivity contribution is -0.142. The number of esters is 1. The number of rotatable bonds is 9. The van der Waals surface area contributed by atoms with Crippen LogP contribution in [-0.2, 0) is 15.3 Å². The number of carbonyl (C=O) groups excluding carboxylic acids is 1. The van der Waals surface area contributed by atoms with Gasteiger partial charge in [0.1, 0.15) is 16.8 Å². The first-order valence-corrected chi connectivity index (χ1v) is 10.8. The van der Waals surface area contributed by atoms with Crippen molar-refractivity contribution in [3.8, 4) is 11.4 Å². The molecule has 0 radical (unpaired) electrons. The molecule has 0 aliphatic rings. The van der Waals surface area contributed by atoms with Gasteiger partial charge in [-0.2, -0.15) is 0 Å². The van der Waals surface area contributed by atoms with Gasteiger partial charge < -0.3 is 9.47 Å². The molecule has 0 aliphatic heterocycles. The highest BCUT2D eigenvalue weighted by Gasteiger charge is 2.22. The highest BCUT2D eigenvalue weighted by atomic mass is 32.2. The van der Waals surface area contributed by atoms with E-state index in [0.29, 0.717) is 22.7 Å². The summed E-state index contributed by atoms with van der Waals surface area (Å²) in [6.07, 6.45) is 3.40. The standard InChI is InChI=1S/C19H21N5O3S2/c1-4-27-17(25)13(2)29-19-23-22-16(12-28-18-20-10-5-11-21-18)24(19)14-6-8-15(26-3)9-7-14/h5-11,13H,4,12H2,1-3H3/t13-/m1/s1. The monoisotopic (exact) mass is 431 g/mol. The third-order valence-electron chi connectivity index (χ3n) is 3.80. The lowest BCUT2D eigenvalue weighted by atomic mass is 10.3. The summed E-state index contributed by atoms with van der Waals surface area (Å²) < 4.78 is 12.3. The van der Waals surface area contributed by atoms with Gasteiger partial charge in [-0.1, -0.05) is 23.5 Å². The first-order chi connectivity index (χ1) is 14.1. The molecule has 10 heteroatoms. The van der Waals surface area contributed by atoms with Crippen LogP contribution in [0.25, 0.3) is 5.69 Å². The van der Waals surface area contributed by atoms with Crippen LogP contribution in [0.5, 0.6) is 5.75 Å². The number of nitrogens with zero attached hydrogens (tertiary/aromatic N) is 5. The molecule has 8 nitrogen and oxygen atoms in total. The minimum absolute atomic E-state index is 0.282. The summed E-state index contributed by atoms with van der Waals surface area (Å²) in [5, 5.41) is 9.51. The molecule has 0 aliphatic carbocycles. The molecule has 0 bridgehead atoms. The van der Waals surface area contributed by atoms with Gasteiger partial charge >= 0.3 is 5.97 Å². The van der Waals surface area contributed by atoms with Crippen LogP contribution in [0, 0.1) is 0 Å². The van der Waals surface area contributed by atoms with Gasteiger partial charge in [0.25, 0.3) is 0 Å². The molecule has 29 heavy (non-hydrogen) atoms. The van der Waals surface area contributed by atoms with Crippen molar-refractivity contribution in [1.82, 2.24) is 24.7 Å². The second kappa shape index (κ2) is 10.3. The Hall–Kier alpha value is -2.59. The van der Waals surface area contributed by atoms with Crippen molar-refractivity contribution < 1.29 is 14.3 Å². The molecule has 3 rings (SSSR count).